The molecule has 0 amide bonds. The average Bonchev–Trinajstić information content (AvgIpc) is 3.28. The number of hydrogen-bond acceptors (Lipinski definition) is 11. The number of aromatic nitrogens is 4. The van der Waals surface area contributed by atoms with Crippen LogP contribution >= 0.6 is 11.8 Å². The Bertz CT molecular complexity index is 1170. The SMILES string of the molecule is COCN1c2cc(CN3CNc4ncnc(N5CCOCC5)c43)ccc2Sc2nccnc21. The van der Waals surface area contributed by atoms with E-state index >= 15 is 0 Å². The van der Waals surface area contributed by atoms with Crippen molar-refractivity contribution in [3.8, 4) is 0 Å². The first-order valence-corrected chi connectivity index (χ1v) is 11.7. The molecule has 3 aromatic rings. The molecular weight excluding hydrogens is 440 g/mol. The minimum atomic E-state index is 0.409. The van der Waals surface area contributed by atoms with Gasteiger partial charge in [-0.15, -0.1) is 0 Å². The van der Waals surface area contributed by atoms with Crippen molar-refractivity contribution in [1.82, 2.24) is 19.9 Å². The molecule has 3 aliphatic rings. The fourth-order valence-corrected chi connectivity index (χ4v) is 5.40. The summed E-state index contributed by atoms with van der Waals surface area (Å²) in [6.45, 7) is 4.93. The first-order valence-electron chi connectivity index (χ1n) is 10.9. The molecule has 2 aromatic heterocycles. The molecular formula is C22H24N8O2S. The standard InChI is InChI=1S/C22H24N8O2S/c1-31-14-30-16-10-15(2-3-17(16)33-22-21(30)23-4-5-24-22)11-29-13-27-19-18(29)20(26-12-25-19)28-6-8-32-9-7-28/h2-5,10,12H,6-9,11,13-14H2,1H3,(H,25,26,27). The van der Waals surface area contributed by atoms with Crippen LogP contribution in [0, 0.1) is 0 Å². The Kier molecular flexibility index (Phi) is 5.36. The van der Waals surface area contributed by atoms with E-state index < -0.39 is 0 Å². The van der Waals surface area contributed by atoms with Gasteiger partial charge in [-0.1, -0.05) is 17.8 Å². The number of rotatable bonds is 5. The molecule has 1 aromatic carbocycles. The predicted octanol–water partition coefficient (Wildman–Crippen LogP) is 2.70. The Balaban J connectivity index is 1.31. The van der Waals surface area contributed by atoms with E-state index in [1.54, 1.807) is 37.6 Å². The summed E-state index contributed by atoms with van der Waals surface area (Å²) in [7, 11) is 1.70. The monoisotopic (exact) mass is 464 g/mol. The lowest BCUT2D eigenvalue weighted by molar-refractivity contribution is 0.122. The molecule has 0 unspecified atom stereocenters. The van der Waals surface area contributed by atoms with Gasteiger partial charge in [-0.05, 0) is 17.7 Å². The Morgan fingerprint density at radius 3 is 2.85 bits per heavy atom. The van der Waals surface area contributed by atoms with Crippen LogP contribution in [0.5, 0.6) is 0 Å². The Morgan fingerprint density at radius 2 is 1.97 bits per heavy atom. The molecule has 11 heteroatoms. The van der Waals surface area contributed by atoms with Gasteiger partial charge in [0.2, 0.25) is 0 Å². The quantitative estimate of drug-likeness (QED) is 0.604. The number of morpholine rings is 1. The molecule has 0 radical (unpaired) electrons. The summed E-state index contributed by atoms with van der Waals surface area (Å²) < 4.78 is 11.0. The fourth-order valence-electron chi connectivity index (χ4n) is 4.41. The number of nitrogens with zero attached hydrogens (tertiary/aromatic N) is 7. The van der Waals surface area contributed by atoms with Crippen LogP contribution in [0.25, 0.3) is 0 Å². The summed E-state index contributed by atoms with van der Waals surface area (Å²) in [4.78, 5) is 26.0. The molecule has 0 atom stereocenters. The Labute approximate surface area is 196 Å². The second-order valence-corrected chi connectivity index (χ2v) is 8.99. The number of methoxy groups -OCH3 is 1. The van der Waals surface area contributed by atoms with E-state index in [0.717, 1.165) is 58.4 Å². The highest BCUT2D eigenvalue weighted by Crippen LogP contribution is 2.46. The van der Waals surface area contributed by atoms with Crippen molar-refractivity contribution >= 4 is 40.6 Å². The van der Waals surface area contributed by atoms with Crippen molar-refractivity contribution in [2.75, 3.05) is 66.8 Å². The van der Waals surface area contributed by atoms with E-state index in [1.165, 1.54) is 5.56 Å². The summed E-state index contributed by atoms with van der Waals surface area (Å²) in [5, 5.41) is 4.31. The zero-order valence-corrected chi connectivity index (χ0v) is 19.1. The lowest BCUT2D eigenvalue weighted by Gasteiger charge is -2.32. The fraction of sp³-hybridized carbons (Fsp3) is 0.364. The normalized spacial score (nSPS) is 16.8. The van der Waals surface area contributed by atoms with Crippen LogP contribution in [0.3, 0.4) is 0 Å². The summed E-state index contributed by atoms with van der Waals surface area (Å²) >= 11 is 1.64. The molecule has 0 bridgehead atoms. The van der Waals surface area contributed by atoms with E-state index in [4.69, 9.17) is 9.47 Å². The van der Waals surface area contributed by atoms with Crippen LogP contribution in [0.2, 0.25) is 0 Å². The third-order valence-electron chi connectivity index (χ3n) is 5.92. The Morgan fingerprint density at radius 1 is 1.09 bits per heavy atom. The second-order valence-electron chi connectivity index (χ2n) is 7.96. The second kappa shape index (κ2) is 8.65. The third kappa shape index (κ3) is 3.71. The molecule has 6 rings (SSSR count). The highest BCUT2D eigenvalue weighted by Gasteiger charge is 2.30. The number of hydrogen-bond donors (Lipinski definition) is 1. The van der Waals surface area contributed by atoms with Crippen molar-refractivity contribution in [2.45, 2.75) is 16.5 Å². The zero-order chi connectivity index (χ0) is 22.2. The zero-order valence-electron chi connectivity index (χ0n) is 18.3. The van der Waals surface area contributed by atoms with E-state index in [-0.39, 0.29) is 0 Å². The molecule has 33 heavy (non-hydrogen) atoms. The maximum atomic E-state index is 5.53. The van der Waals surface area contributed by atoms with Crippen LogP contribution in [-0.2, 0) is 16.0 Å². The van der Waals surface area contributed by atoms with Crippen LogP contribution in [0.15, 0.2) is 46.8 Å². The van der Waals surface area contributed by atoms with Gasteiger partial charge in [-0.3, -0.25) is 4.90 Å². The first-order chi connectivity index (χ1) is 16.3. The highest BCUT2D eigenvalue weighted by atomic mass is 32.2. The molecule has 3 aliphatic heterocycles. The van der Waals surface area contributed by atoms with Gasteiger partial charge in [0.1, 0.15) is 23.8 Å². The molecule has 1 N–H and O–H groups in total. The predicted molar refractivity (Wildman–Crippen MR) is 126 cm³/mol. The van der Waals surface area contributed by atoms with Crippen molar-refractivity contribution in [3.05, 3.63) is 42.5 Å². The van der Waals surface area contributed by atoms with E-state index in [0.29, 0.717) is 26.6 Å². The van der Waals surface area contributed by atoms with Crippen molar-refractivity contribution < 1.29 is 9.47 Å². The van der Waals surface area contributed by atoms with Gasteiger partial charge in [0, 0.05) is 44.0 Å². The molecule has 0 spiro atoms. The van der Waals surface area contributed by atoms with Gasteiger partial charge in [-0.2, -0.15) is 0 Å². The van der Waals surface area contributed by atoms with Crippen LogP contribution in [-0.4, -0.2) is 66.7 Å². The van der Waals surface area contributed by atoms with Gasteiger partial charge in [0.15, 0.2) is 17.5 Å². The minimum absolute atomic E-state index is 0.409. The van der Waals surface area contributed by atoms with Gasteiger partial charge >= 0.3 is 0 Å². The minimum Gasteiger partial charge on any atom is -0.378 e. The summed E-state index contributed by atoms with van der Waals surface area (Å²) in [6, 6.07) is 6.55. The maximum absolute atomic E-state index is 5.53. The summed E-state index contributed by atoms with van der Waals surface area (Å²) in [5.41, 5.74) is 3.32. The summed E-state index contributed by atoms with van der Waals surface area (Å²) in [6.07, 6.45) is 5.08. The van der Waals surface area contributed by atoms with E-state index in [2.05, 4.69) is 58.2 Å². The molecule has 0 saturated carbocycles. The third-order valence-corrected chi connectivity index (χ3v) is 6.97. The van der Waals surface area contributed by atoms with E-state index in [1.807, 2.05) is 0 Å². The number of ether oxygens (including phenoxy) is 2. The van der Waals surface area contributed by atoms with Gasteiger partial charge in [0.05, 0.1) is 25.6 Å². The van der Waals surface area contributed by atoms with Gasteiger partial charge in [-0.25, -0.2) is 19.9 Å². The molecule has 10 nitrogen and oxygen atoms in total. The van der Waals surface area contributed by atoms with Crippen molar-refractivity contribution in [1.29, 1.82) is 0 Å². The number of benzene rings is 1. The molecule has 1 saturated heterocycles. The number of fused-ring (bicyclic) bond motifs is 3. The number of nitrogens with one attached hydrogen (secondary N) is 1. The van der Waals surface area contributed by atoms with Gasteiger partial charge < -0.3 is 24.6 Å². The van der Waals surface area contributed by atoms with E-state index in [9.17, 15) is 0 Å². The molecule has 170 valence electrons. The number of anilines is 5. The average molecular weight is 465 g/mol. The summed E-state index contributed by atoms with van der Waals surface area (Å²) in [5.74, 6) is 2.67. The molecule has 5 heterocycles. The maximum Gasteiger partial charge on any atom is 0.168 e. The van der Waals surface area contributed by atoms with Gasteiger partial charge in [0.25, 0.3) is 0 Å². The topological polar surface area (TPSA) is 91.8 Å². The largest absolute Gasteiger partial charge is 0.378 e. The first kappa shape index (κ1) is 20.5. The molecule has 1 fully saturated rings. The van der Waals surface area contributed by atoms with Crippen LogP contribution in [0.1, 0.15) is 5.56 Å². The highest BCUT2D eigenvalue weighted by molar-refractivity contribution is 7.99. The van der Waals surface area contributed by atoms with Crippen LogP contribution in [0.4, 0.5) is 28.8 Å². The van der Waals surface area contributed by atoms with Crippen LogP contribution < -0.4 is 20.0 Å². The molecule has 0 aliphatic carbocycles. The smallest absolute Gasteiger partial charge is 0.168 e. The van der Waals surface area contributed by atoms with Crippen molar-refractivity contribution in [2.24, 2.45) is 0 Å². The Hall–Kier alpha value is -3.15. The lowest BCUT2D eigenvalue weighted by Crippen LogP contribution is -2.37. The van der Waals surface area contributed by atoms with Crippen molar-refractivity contribution in [3.63, 3.8) is 0 Å². The lowest BCUT2D eigenvalue weighted by atomic mass is 10.1.